The van der Waals surface area contributed by atoms with Gasteiger partial charge in [-0.25, -0.2) is 9.13 Å². The van der Waals surface area contributed by atoms with E-state index in [9.17, 15) is 43.2 Å². The van der Waals surface area contributed by atoms with Crippen LogP contribution < -0.4 is 0 Å². The summed E-state index contributed by atoms with van der Waals surface area (Å²) in [5, 5.41) is 10.7. The van der Waals surface area contributed by atoms with Crippen molar-refractivity contribution in [2.45, 2.75) is 502 Å². The van der Waals surface area contributed by atoms with Crippen LogP contribution in [-0.2, 0) is 65.4 Å². The Morgan fingerprint density at radius 3 is 0.551 bits per heavy atom. The zero-order chi connectivity index (χ0) is 78.1. The van der Waals surface area contributed by atoms with E-state index < -0.39 is 97.5 Å². The smallest absolute Gasteiger partial charge is 0.462 e. The number of hydrogen-bond acceptors (Lipinski definition) is 15. The number of esters is 4. The third-order valence-corrected chi connectivity index (χ3v) is 22.8. The lowest BCUT2D eigenvalue weighted by Gasteiger charge is -2.21. The fourth-order valence-electron chi connectivity index (χ4n) is 13.9. The number of unbranched alkanes of at least 4 members (excludes halogenated alkanes) is 63. The average Bonchev–Trinajstić information content (AvgIpc) is 0.901. The summed E-state index contributed by atoms with van der Waals surface area (Å²) in [5.41, 5.74) is 0. The maximum absolute atomic E-state index is 13.2. The molecule has 0 spiro atoms. The third-order valence-electron chi connectivity index (χ3n) is 20.9. The van der Waals surface area contributed by atoms with Crippen molar-refractivity contribution < 1.29 is 80.2 Å². The standard InChI is InChI=1S/C88H172O17P2/c1-5-9-13-17-21-25-29-33-36-39-41-42-43-45-48-51-55-59-63-67-71-75-88(93)105-84(79-99-86(91)73-69-65-61-57-53-49-47-44-40-37-34-30-26-22-18-14-10-6-2)81-103-107(96,97)101-77-82(89)76-100-106(94,95)102-80-83(78-98-85(90)72-68-64-60-56-52-32-28-24-20-16-12-8-4)104-87(92)74-70-66-62-58-54-50-46-38-35-31-27-23-19-15-11-7-3/h82-84,89H,5-81H2,1-4H3,(H,94,95)(H,96,97)/t82-,83+,84+/m0/s1. The van der Waals surface area contributed by atoms with Crippen molar-refractivity contribution in [3.8, 4) is 0 Å². The lowest BCUT2D eigenvalue weighted by atomic mass is 10.0. The zero-order valence-corrected chi connectivity index (χ0v) is 71.9. The Kier molecular flexibility index (Phi) is 80.6. The molecule has 3 N–H and O–H groups in total. The number of aliphatic hydroxyl groups excluding tert-OH is 1. The Bertz CT molecular complexity index is 2020. The highest BCUT2D eigenvalue weighted by molar-refractivity contribution is 7.47. The highest BCUT2D eigenvalue weighted by atomic mass is 31.2. The number of carbonyl (C=O) groups excluding carboxylic acids is 4. The summed E-state index contributed by atoms with van der Waals surface area (Å²) in [4.78, 5) is 73.3. The Hall–Kier alpha value is -1.94. The van der Waals surface area contributed by atoms with Crippen molar-refractivity contribution in [1.82, 2.24) is 0 Å². The van der Waals surface area contributed by atoms with Gasteiger partial charge in [-0.3, -0.25) is 37.3 Å². The first-order chi connectivity index (χ1) is 52.2. The van der Waals surface area contributed by atoms with E-state index in [4.69, 9.17) is 37.0 Å². The number of rotatable bonds is 89. The van der Waals surface area contributed by atoms with Gasteiger partial charge in [-0.15, -0.1) is 0 Å². The molecule has 5 atom stereocenters. The summed E-state index contributed by atoms with van der Waals surface area (Å²) < 4.78 is 69.0. The molecule has 0 heterocycles. The summed E-state index contributed by atoms with van der Waals surface area (Å²) in [7, 11) is -9.93. The summed E-state index contributed by atoms with van der Waals surface area (Å²) in [6.45, 7) is 5.08. The van der Waals surface area contributed by atoms with Crippen LogP contribution in [0, 0.1) is 0 Å². The molecule has 19 heteroatoms. The second-order valence-electron chi connectivity index (χ2n) is 31.6. The second kappa shape index (κ2) is 82.1. The van der Waals surface area contributed by atoms with Gasteiger partial charge in [0.05, 0.1) is 26.4 Å². The molecule has 2 unspecified atom stereocenters. The van der Waals surface area contributed by atoms with Crippen LogP contribution in [0.25, 0.3) is 0 Å². The first-order valence-electron chi connectivity index (χ1n) is 45.8. The van der Waals surface area contributed by atoms with Crippen molar-refractivity contribution in [2.75, 3.05) is 39.6 Å². The van der Waals surface area contributed by atoms with Crippen molar-refractivity contribution in [3.63, 3.8) is 0 Å². The topological polar surface area (TPSA) is 237 Å². The maximum Gasteiger partial charge on any atom is 0.472 e. The number of phosphoric ester groups is 2. The second-order valence-corrected chi connectivity index (χ2v) is 34.5. The first kappa shape index (κ1) is 105. The molecule has 107 heavy (non-hydrogen) atoms. The van der Waals surface area contributed by atoms with Gasteiger partial charge in [-0.1, -0.05) is 432 Å². The number of aliphatic hydroxyl groups is 1. The van der Waals surface area contributed by atoms with E-state index in [1.807, 2.05) is 0 Å². The molecule has 0 aromatic heterocycles. The number of ether oxygens (including phenoxy) is 4. The molecule has 0 aliphatic heterocycles. The molecule has 0 saturated carbocycles. The van der Waals surface area contributed by atoms with Gasteiger partial charge in [0.2, 0.25) is 0 Å². The van der Waals surface area contributed by atoms with Crippen LogP contribution in [0.1, 0.15) is 484 Å². The summed E-state index contributed by atoms with van der Waals surface area (Å²) >= 11 is 0. The van der Waals surface area contributed by atoms with Crippen LogP contribution in [0.2, 0.25) is 0 Å². The van der Waals surface area contributed by atoms with Gasteiger partial charge < -0.3 is 33.8 Å². The Morgan fingerprint density at radius 1 is 0.224 bits per heavy atom. The van der Waals surface area contributed by atoms with Gasteiger partial charge in [0, 0.05) is 25.7 Å². The van der Waals surface area contributed by atoms with E-state index in [0.29, 0.717) is 25.7 Å². The minimum Gasteiger partial charge on any atom is -0.462 e. The van der Waals surface area contributed by atoms with Crippen LogP contribution in [0.5, 0.6) is 0 Å². The molecule has 0 fully saturated rings. The van der Waals surface area contributed by atoms with Crippen LogP contribution in [0.3, 0.4) is 0 Å². The molecule has 17 nitrogen and oxygen atoms in total. The van der Waals surface area contributed by atoms with Crippen LogP contribution in [0.4, 0.5) is 0 Å². The van der Waals surface area contributed by atoms with Gasteiger partial charge in [-0.05, 0) is 25.7 Å². The maximum atomic E-state index is 13.2. The lowest BCUT2D eigenvalue weighted by Crippen LogP contribution is -2.30. The Morgan fingerprint density at radius 2 is 0.374 bits per heavy atom. The zero-order valence-electron chi connectivity index (χ0n) is 70.1. The van der Waals surface area contributed by atoms with E-state index in [1.54, 1.807) is 0 Å². The largest absolute Gasteiger partial charge is 0.472 e. The number of carbonyl (C=O) groups is 4. The molecular formula is C88H172O17P2. The molecule has 0 radical (unpaired) electrons. The van der Waals surface area contributed by atoms with Crippen molar-refractivity contribution in [3.05, 3.63) is 0 Å². The minimum absolute atomic E-state index is 0.109. The Labute approximate surface area is 658 Å². The molecule has 0 saturated heterocycles. The quantitative estimate of drug-likeness (QED) is 0.0222. The highest BCUT2D eigenvalue weighted by Gasteiger charge is 2.30. The number of phosphoric acid groups is 2. The van der Waals surface area contributed by atoms with Crippen molar-refractivity contribution in [2.24, 2.45) is 0 Å². The average molecular weight is 1560 g/mol. The van der Waals surface area contributed by atoms with Crippen LogP contribution in [0.15, 0.2) is 0 Å². The molecular weight excluding hydrogens is 1390 g/mol. The van der Waals surface area contributed by atoms with Gasteiger partial charge in [0.1, 0.15) is 19.3 Å². The fraction of sp³-hybridized carbons (Fsp3) is 0.955. The minimum atomic E-state index is -4.97. The monoisotopic (exact) mass is 1560 g/mol. The van der Waals surface area contributed by atoms with Gasteiger partial charge in [-0.2, -0.15) is 0 Å². The highest BCUT2D eigenvalue weighted by Crippen LogP contribution is 2.45. The Balaban J connectivity index is 5.24. The molecule has 0 amide bonds. The molecule has 0 aliphatic rings. The SMILES string of the molecule is CCCCCCCCCCCCCCCCCCCCCCCC(=O)O[C@H](COC(=O)CCCCCCCCCCCCCCCCCCCC)COP(=O)(O)OC[C@@H](O)COP(=O)(O)OC[C@@H](COC(=O)CCCCCCCCCCCCCC)OC(=O)CCCCCCCCCCCCCCCCCC. The predicted molar refractivity (Wildman–Crippen MR) is 442 cm³/mol. The van der Waals surface area contributed by atoms with Gasteiger partial charge >= 0.3 is 39.5 Å². The molecule has 0 aromatic carbocycles. The molecule has 0 aromatic rings. The fourth-order valence-corrected chi connectivity index (χ4v) is 15.5. The molecule has 0 bridgehead atoms. The normalized spacial score (nSPS) is 13.7. The van der Waals surface area contributed by atoms with E-state index in [2.05, 4.69) is 27.7 Å². The molecule has 636 valence electrons. The van der Waals surface area contributed by atoms with E-state index >= 15 is 0 Å². The summed E-state index contributed by atoms with van der Waals surface area (Å²) in [6, 6.07) is 0. The van der Waals surface area contributed by atoms with Crippen LogP contribution in [-0.4, -0.2) is 96.7 Å². The molecule has 0 rings (SSSR count). The third kappa shape index (κ3) is 81.9. The predicted octanol–water partition coefficient (Wildman–Crippen LogP) is 27.3. The first-order valence-corrected chi connectivity index (χ1v) is 48.8. The van der Waals surface area contributed by atoms with E-state index in [0.717, 1.165) is 89.9 Å². The number of hydrogen-bond donors (Lipinski definition) is 3. The van der Waals surface area contributed by atoms with Crippen LogP contribution >= 0.6 is 15.6 Å². The van der Waals surface area contributed by atoms with E-state index in [1.165, 1.54) is 315 Å². The summed E-state index contributed by atoms with van der Waals surface area (Å²) in [5.74, 6) is -2.09. The van der Waals surface area contributed by atoms with Gasteiger partial charge in [0.25, 0.3) is 0 Å². The lowest BCUT2D eigenvalue weighted by molar-refractivity contribution is -0.161. The van der Waals surface area contributed by atoms with Crippen molar-refractivity contribution >= 4 is 39.5 Å². The summed E-state index contributed by atoms with van der Waals surface area (Å²) in [6.07, 6.45) is 77.7. The van der Waals surface area contributed by atoms with Gasteiger partial charge in [0.15, 0.2) is 12.2 Å². The van der Waals surface area contributed by atoms with Crippen molar-refractivity contribution in [1.29, 1.82) is 0 Å². The molecule has 0 aliphatic carbocycles. The van der Waals surface area contributed by atoms with E-state index in [-0.39, 0.29) is 25.7 Å².